The molecule has 0 aliphatic carbocycles. The maximum absolute atomic E-state index is 13.8. The number of hydrogen-bond acceptors (Lipinski definition) is 4. The lowest BCUT2D eigenvalue weighted by Crippen LogP contribution is -2.25. The standard InChI is InChI=1S/C20H16ClF3N4O3/c1-27(19(30)31-2)14-8-6-13(7-9-14)26-18(29)16-11-25-28(17(16)20(22,23)24)15-5-3-4-12(21)10-15/h3-11H,1-2H3,(H,26,29). The van der Waals surface area contributed by atoms with E-state index >= 15 is 0 Å². The molecule has 2 aromatic carbocycles. The number of rotatable bonds is 4. The quantitative estimate of drug-likeness (QED) is 0.604. The van der Waals surface area contributed by atoms with Crippen LogP contribution in [0.15, 0.2) is 54.7 Å². The van der Waals surface area contributed by atoms with Crippen molar-refractivity contribution in [2.75, 3.05) is 24.4 Å². The Labute approximate surface area is 180 Å². The molecule has 1 N–H and O–H groups in total. The minimum absolute atomic E-state index is 0.0640. The van der Waals surface area contributed by atoms with E-state index in [2.05, 4.69) is 15.2 Å². The van der Waals surface area contributed by atoms with Crippen molar-refractivity contribution in [3.8, 4) is 5.69 Å². The van der Waals surface area contributed by atoms with E-state index in [1.165, 1.54) is 67.6 Å². The summed E-state index contributed by atoms with van der Waals surface area (Å²) in [5.41, 5.74) is -1.11. The van der Waals surface area contributed by atoms with E-state index in [4.69, 9.17) is 11.6 Å². The number of halogens is 4. The van der Waals surface area contributed by atoms with Gasteiger partial charge in [-0.05, 0) is 42.5 Å². The van der Waals surface area contributed by atoms with Gasteiger partial charge in [0.2, 0.25) is 0 Å². The highest BCUT2D eigenvalue weighted by molar-refractivity contribution is 6.30. The van der Waals surface area contributed by atoms with E-state index < -0.39 is 29.4 Å². The van der Waals surface area contributed by atoms with Crippen LogP contribution in [0.2, 0.25) is 5.02 Å². The number of ether oxygens (including phenoxy) is 1. The summed E-state index contributed by atoms with van der Waals surface area (Å²) in [4.78, 5) is 25.4. The van der Waals surface area contributed by atoms with E-state index in [9.17, 15) is 22.8 Å². The number of nitrogens with zero attached hydrogens (tertiary/aromatic N) is 3. The van der Waals surface area contributed by atoms with Gasteiger partial charge >= 0.3 is 12.3 Å². The molecule has 0 saturated heterocycles. The minimum atomic E-state index is -4.85. The van der Waals surface area contributed by atoms with Crippen molar-refractivity contribution in [2.24, 2.45) is 0 Å². The van der Waals surface area contributed by atoms with Gasteiger partial charge in [0.25, 0.3) is 5.91 Å². The number of nitrogens with one attached hydrogen (secondary N) is 1. The Hall–Kier alpha value is -3.53. The first kappa shape index (κ1) is 22.2. The van der Waals surface area contributed by atoms with Crippen LogP contribution in [0, 0.1) is 0 Å². The molecular formula is C20H16ClF3N4O3. The maximum atomic E-state index is 13.8. The molecule has 0 aliphatic rings. The molecule has 3 rings (SSSR count). The van der Waals surface area contributed by atoms with Gasteiger partial charge in [0.05, 0.1) is 24.6 Å². The fourth-order valence-electron chi connectivity index (χ4n) is 2.80. The topological polar surface area (TPSA) is 76.5 Å². The number of carbonyl (C=O) groups excluding carboxylic acids is 2. The first-order valence-corrected chi connectivity index (χ1v) is 9.14. The van der Waals surface area contributed by atoms with Gasteiger partial charge in [-0.15, -0.1) is 0 Å². The lowest BCUT2D eigenvalue weighted by molar-refractivity contribution is -0.143. The van der Waals surface area contributed by atoms with Crippen LogP contribution < -0.4 is 10.2 Å². The molecule has 0 unspecified atom stereocenters. The summed E-state index contributed by atoms with van der Waals surface area (Å²) in [6.07, 6.45) is -4.60. The van der Waals surface area contributed by atoms with Crippen LogP contribution in [0.4, 0.5) is 29.3 Å². The molecular weight excluding hydrogens is 437 g/mol. The van der Waals surface area contributed by atoms with E-state index in [1.807, 2.05) is 0 Å². The van der Waals surface area contributed by atoms with Gasteiger partial charge in [0, 0.05) is 23.4 Å². The fourth-order valence-corrected chi connectivity index (χ4v) is 2.98. The number of alkyl halides is 3. The van der Waals surface area contributed by atoms with Gasteiger partial charge < -0.3 is 10.1 Å². The summed E-state index contributed by atoms with van der Waals surface area (Å²) in [5, 5.41) is 6.37. The average molecular weight is 453 g/mol. The molecule has 31 heavy (non-hydrogen) atoms. The molecule has 3 aromatic rings. The third kappa shape index (κ3) is 4.80. The maximum Gasteiger partial charge on any atom is 0.434 e. The van der Waals surface area contributed by atoms with Crippen LogP contribution >= 0.6 is 11.6 Å². The largest absolute Gasteiger partial charge is 0.452 e. The monoisotopic (exact) mass is 452 g/mol. The molecule has 0 bridgehead atoms. The summed E-state index contributed by atoms with van der Waals surface area (Å²) in [7, 11) is 2.72. The van der Waals surface area contributed by atoms with Crippen LogP contribution in [0.5, 0.6) is 0 Å². The van der Waals surface area contributed by atoms with Crippen molar-refractivity contribution in [1.29, 1.82) is 0 Å². The first-order chi connectivity index (χ1) is 14.6. The summed E-state index contributed by atoms with van der Waals surface area (Å²) in [6, 6.07) is 11.6. The van der Waals surface area contributed by atoms with Crippen molar-refractivity contribution in [1.82, 2.24) is 9.78 Å². The molecule has 0 radical (unpaired) electrons. The highest BCUT2D eigenvalue weighted by Crippen LogP contribution is 2.34. The molecule has 0 fully saturated rings. The van der Waals surface area contributed by atoms with E-state index in [-0.39, 0.29) is 16.4 Å². The SMILES string of the molecule is COC(=O)N(C)c1ccc(NC(=O)c2cnn(-c3cccc(Cl)c3)c2C(F)(F)F)cc1. The Balaban J connectivity index is 1.89. The van der Waals surface area contributed by atoms with Gasteiger partial charge in [0.1, 0.15) is 0 Å². The summed E-state index contributed by atoms with van der Waals surface area (Å²) in [5.74, 6) is -0.991. The molecule has 0 saturated carbocycles. The number of methoxy groups -OCH3 is 1. The second-order valence-electron chi connectivity index (χ2n) is 6.33. The highest BCUT2D eigenvalue weighted by atomic mass is 35.5. The van der Waals surface area contributed by atoms with E-state index in [1.54, 1.807) is 0 Å². The predicted molar refractivity (Wildman–Crippen MR) is 109 cm³/mol. The van der Waals surface area contributed by atoms with Crippen LogP contribution in [-0.2, 0) is 10.9 Å². The Bertz CT molecular complexity index is 1110. The smallest absolute Gasteiger partial charge is 0.434 e. The molecule has 2 amide bonds. The number of benzene rings is 2. The van der Waals surface area contributed by atoms with Gasteiger partial charge in [-0.25, -0.2) is 9.48 Å². The zero-order chi connectivity index (χ0) is 22.8. The lowest BCUT2D eigenvalue weighted by atomic mass is 10.2. The third-order valence-electron chi connectivity index (χ3n) is 4.30. The molecule has 11 heteroatoms. The molecule has 0 atom stereocenters. The van der Waals surface area contributed by atoms with Crippen molar-refractivity contribution in [3.63, 3.8) is 0 Å². The molecule has 162 valence electrons. The van der Waals surface area contributed by atoms with Crippen LogP contribution in [0.1, 0.15) is 16.1 Å². The Morgan fingerprint density at radius 2 is 1.84 bits per heavy atom. The van der Waals surface area contributed by atoms with Gasteiger partial charge in [-0.1, -0.05) is 17.7 Å². The third-order valence-corrected chi connectivity index (χ3v) is 4.53. The summed E-state index contributed by atoms with van der Waals surface area (Å²) in [6.45, 7) is 0. The van der Waals surface area contributed by atoms with Crippen molar-refractivity contribution < 1.29 is 27.5 Å². The second-order valence-corrected chi connectivity index (χ2v) is 6.76. The number of hydrogen-bond donors (Lipinski definition) is 1. The van der Waals surface area contributed by atoms with E-state index in [0.717, 1.165) is 6.20 Å². The summed E-state index contributed by atoms with van der Waals surface area (Å²) >= 11 is 5.87. The first-order valence-electron chi connectivity index (χ1n) is 8.76. The molecule has 0 aliphatic heterocycles. The summed E-state index contributed by atoms with van der Waals surface area (Å²) < 4.78 is 46.5. The van der Waals surface area contributed by atoms with Gasteiger partial charge in [0.15, 0.2) is 5.69 Å². The Morgan fingerprint density at radius 3 is 2.42 bits per heavy atom. The molecule has 7 nitrogen and oxygen atoms in total. The van der Waals surface area contributed by atoms with Crippen molar-refractivity contribution in [2.45, 2.75) is 6.18 Å². The second kappa shape index (κ2) is 8.68. The van der Waals surface area contributed by atoms with Gasteiger partial charge in [-0.2, -0.15) is 18.3 Å². The number of amides is 2. The van der Waals surface area contributed by atoms with Gasteiger partial charge in [-0.3, -0.25) is 9.69 Å². The fraction of sp³-hybridized carbons (Fsp3) is 0.150. The highest BCUT2D eigenvalue weighted by Gasteiger charge is 2.40. The number of carbonyl (C=O) groups is 2. The number of aromatic nitrogens is 2. The zero-order valence-electron chi connectivity index (χ0n) is 16.3. The lowest BCUT2D eigenvalue weighted by Gasteiger charge is -2.16. The van der Waals surface area contributed by atoms with Crippen LogP contribution in [0.3, 0.4) is 0 Å². The normalized spacial score (nSPS) is 11.2. The molecule has 1 heterocycles. The number of anilines is 2. The van der Waals surface area contributed by atoms with E-state index in [0.29, 0.717) is 10.4 Å². The van der Waals surface area contributed by atoms with Crippen LogP contribution in [0.25, 0.3) is 5.69 Å². The molecule has 0 spiro atoms. The van der Waals surface area contributed by atoms with Crippen molar-refractivity contribution >= 4 is 35.0 Å². The van der Waals surface area contributed by atoms with Crippen LogP contribution in [-0.4, -0.2) is 35.9 Å². The molecule has 1 aromatic heterocycles. The minimum Gasteiger partial charge on any atom is -0.452 e. The zero-order valence-corrected chi connectivity index (χ0v) is 17.0. The predicted octanol–water partition coefficient (Wildman–Crippen LogP) is 5.00. The average Bonchev–Trinajstić information content (AvgIpc) is 3.19. The Kier molecular flexibility index (Phi) is 6.21. The Morgan fingerprint density at radius 1 is 1.16 bits per heavy atom. The van der Waals surface area contributed by atoms with Crippen molar-refractivity contribution in [3.05, 3.63) is 71.0 Å².